The van der Waals surface area contributed by atoms with Gasteiger partial charge in [0.2, 0.25) is 0 Å². The Bertz CT molecular complexity index is 588. The number of hydrogen-bond acceptors (Lipinski definition) is 2. The second kappa shape index (κ2) is 5.57. The lowest BCUT2D eigenvalue weighted by Crippen LogP contribution is -2.02. The standard InChI is InChI=1S/C16H17ClFNO/c17-13-9-11(5-7-14(13)18)16-12(6-8-15(16)19-20)10-3-1-2-4-10/h5,7,9-10,20H,1-4,6,8H2/b19-15+. The van der Waals surface area contributed by atoms with Crippen LogP contribution in [0.5, 0.6) is 0 Å². The lowest BCUT2D eigenvalue weighted by atomic mass is 9.91. The molecule has 0 saturated heterocycles. The molecule has 0 heterocycles. The highest BCUT2D eigenvalue weighted by Crippen LogP contribution is 2.42. The largest absolute Gasteiger partial charge is 0.411 e. The lowest BCUT2D eigenvalue weighted by Gasteiger charge is -2.14. The van der Waals surface area contributed by atoms with E-state index in [1.165, 1.54) is 37.3 Å². The molecule has 1 saturated carbocycles. The highest BCUT2D eigenvalue weighted by Gasteiger charge is 2.30. The van der Waals surface area contributed by atoms with Crippen molar-refractivity contribution in [1.82, 2.24) is 0 Å². The fourth-order valence-electron chi connectivity index (χ4n) is 3.47. The van der Waals surface area contributed by atoms with E-state index in [-0.39, 0.29) is 5.02 Å². The van der Waals surface area contributed by atoms with Gasteiger partial charge in [-0.15, -0.1) is 0 Å². The van der Waals surface area contributed by atoms with Gasteiger partial charge in [0.1, 0.15) is 5.82 Å². The topological polar surface area (TPSA) is 32.6 Å². The molecule has 1 aromatic rings. The van der Waals surface area contributed by atoms with E-state index in [9.17, 15) is 9.60 Å². The van der Waals surface area contributed by atoms with Crippen LogP contribution in [0.3, 0.4) is 0 Å². The van der Waals surface area contributed by atoms with Crippen molar-refractivity contribution in [3.05, 3.63) is 40.2 Å². The Kier molecular flexibility index (Phi) is 3.79. The van der Waals surface area contributed by atoms with Crippen LogP contribution >= 0.6 is 11.6 Å². The molecule has 2 aliphatic carbocycles. The van der Waals surface area contributed by atoms with E-state index in [1.807, 2.05) is 0 Å². The minimum absolute atomic E-state index is 0.116. The van der Waals surface area contributed by atoms with Gasteiger partial charge in [-0.1, -0.05) is 41.2 Å². The van der Waals surface area contributed by atoms with Crippen LogP contribution in [0.1, 0.15) is 44.1 Å². The van der Waals surface area contributed by atoms with Crippen molar-refractivity contribution < 1.29 is 9.60 Å². The molecule has 0 amide bonds. The number of halogens is 2. The van der Waals surface area contributed by atoms with Gasteiger partial charge in [0.05, 0.1) is 10.7 Å². The van der Waals surface area contributed by atoms with Crippen LogP contribution < -0.4 is 0 Å². The summed E-state index contributed by atoms with van der Waals surface area (Å²) in [6, 6.07) is 4.74. The van der Waals surface area contributed by atoms with Gasteiger partial charge in [-0.3, -0.25) is 0 Å². The third-order valence-corrected chi connectivity index (χ3v) is 4.71. The molecule has 0 atom stereocenters. The van der Waals surface area contributed by atoms with Crippen LogP contribution in [0.15, 0.2) is 28.9 Å². The monoisotopic (exact) mass is 293 g/mol. The Labute approximate surface area is 122 Å². The van der Waals surface area contributed by atoms with Crippen molar-refractivity contribution in [2.24, 2.45) is 11.1 Å². The molecule has 1 fully saturated rings. The van der Waals surface area contributed by atoms with E-state index in [1.54, 1.807) is 12.1 Å². The van der Waals surface area contributed by atoms with Crippen molar-refractivity contribution in [2.45, 2.75) is 38.5 Å². The van der Waals surface area contributed by atoms with Gasteiger partial charge in [-0.05, 0) is 49.3 Å². The van der Waals surface area contributed by atoms with Gasteiger partial charge in [0, 0.05) is 5.57 Å². The molecule has 106 valence electrons. The maximum atomic E-state index is 13.3. The summed E-state index contributed by atoms with van der Waals surface area (Å²) in [5.74, 6) is 0.159. The third kappa shape index (κ3) is 2.35. The van der Waals surface area contributed by atoms with Crippen LogP contribution in [0.2, 0.25) is 5.02 Å². The Morgan fingerprint density at radius 1 is 1.20 bits per heavy atom. The Balaban J connectivity index is 2.08. The van der Waals surface area contributed by atoms with Crippen molar-refractivity contribution in [3.8, 4) is 0 Å². The highest BCUT2D eigenvalue weighted by atomic mass is 35.5. The first-order valence-electron chi connectivity index (χ1n) is 7.10. The molecule has 1 N–H and O–H groups in total. The molecular formula is C16H17ClFNO. The molecular weight excluding hydrogens is 277 g/mol. The van der Waals surface area contributed by atoms with Crippen molar-refractivity contribution in [1.29, 1.82) is 0 Å². The summed E-state index contributed by atoms with van der Waals surface area (Å²) < 4.78 is 13.3. The molecule has 3 rings (SSSR count). The summed E-state index contributed by atoms with van der Waals surface area (Å²) >= 11 is 5.89. The van der Waals surface area contributed by atoms with Crippen molar-refractivity contribution >= 4 is 22.9 Å². The summed E-state index contributed by atoms with van der Waals surface area (Å²) in [5.41, 5.74) is 3.91. The molecule has 0 bridgehead atoms. The molecule has 0 aliphatic heterocycles. The predicted octanol–water partition coefficient (Wildman–Crippen LogP) is 5.05. The predicted molar refractivity (Wildman–Crippen MR) is 78.7 cm³/mol. The van der Waals surface area contributed by atoms with Crippen LogP contribution in [0.4, 0.5) is 4.39 Å². The Morgan fingerprint density at radius 2 is 1.95 bits per heavy atom. The quantitative estimate of drug-likeness (QED) is 0.601. The van der Waals surface area contributed by atoms with Crippen molar-refractivity contribution in [3.63, 3.8) is 0 Å². The van der Waals surface area contributed by atoms with Crippen molar-refractivity contribution in [2.75, 3.05) is 0 Å². The highest BCUT2D eigenvalue weighted by molar-refractivity contribution is 6.32. The molecule has 2 aliphatic rings. The average Bonchev–Trinajstić information content (AvgIpc) is 3.09. The zero-order valence-corrected chi connectivity index (χ0v) is 12.0. The van der Waals surface area contributed by atoms with Crippen LogP contribution in [0.25, 0.3) is 5.57 Å². The average molecular weight is 294 g/mol. The van der Waals surface area contributed by atoms with Crippen LogP contribution in [0, 0.1) is 11.7 Å². The van der Waals surface area contributed by atoms with E-state index < -0.39 is 5.82 Å². The molecule has 0 radical (unpaired) electrons. The summed E-state index contributed by atoms with van der Waals surface area (Å²) in [4.78, 5) is 0. The third-order valence-electron chi connectivity index (χ3n) is 4.42. The fourth-order valence-corrected chi connectivity index (χ4v) is 3.66. The smallest absolute Gasteiger partial charge is 0.141 e. The minimum atomic E-state index is -0.418. The van der Waals surface area contributed by atoms with E-state index in [2.05, 4.69) is 5.16 Å². The molecule has 0 aromatic heterocycles. The second-order valence-electron chi connectivity index (χ2n) is 5.56. The minimum Gasteiger partial charge on any atom is -0.411 e. The maximum Gasteiger partial charge on any atom is 0.141 e. The number of rotatable bonds is 2. The number of allylic oxidation sites excluding steroid dienone is 2. The summed E-state index contributed by atoms with van der Waals surface area (Å²) in [6.07, 6.45) is 6.62. The SMILES string of the molecule is O/N=C1\CCC(C2CCCC2)=C1c1ccc(F)c(Cl)c1. The molecule has 4 heteroatoms. The first-order chi connectivity index (χ1) is 9.70. The molecule has 0 unspecified atom stereocenters. The molecule has 1 aromatic carbocycles. The van der Waals surface area contributed by atoms with Crippen LogP contribution in [-0.4, -0.2) is 10.9 Å². The van der Waals surface area contributed by atoms with Gasteiger partial charge >= 0.3 is 0 Å². The van der Waals surface area contributed by atoms with Crippen LogP contribution in [-0.2, 0) is 0 Å². The Hall–Kier alpha value is -1.35. The fraction of sp³-hybridized carbons (Fsp3) is 0.438. The number of oxime groups is 1. The number of benzene rings is 1. The number of hydrogen-bond donors (Lipinski definition) is 1. The zero-order valence-electron chi connectivity index (χ0n) is 11.2. The molecule has 0 spiro atoms. The van der Waals surface area contributed by atoms with Gasteiger partial charge in [-0.2, -0.15) is 0 Å². The van der Waals surface area contributed by atoms with Gasteiger partial charge in [-0.25, -0.2) is 4.39 Å². The normalized spacial score (nSPS) is 22.2. The molecule has 20 heavy (non-hydrogen) atoms. The van der Waals surface area contributed by atoms with E-state index >= 15 is 0 Å². The maximum absolute atomic E-state index is 13.3. The molecule has 2 nitrogen and oxygen atoms in total. The first kappa shape index (κ1) is 13.6. The van der Waals surface area contributed by atoms with E-state index in [0.717, 1.165) is 24.0 Å². The van der Waals surface area contributed by atoms with E-state index in [0.29, 0.717) is 11.6 Å². The van der Waals surface area contributed by atoms with Gasteiger partial charge in [0.25, 0.3) is 0 Å². The number of nitrogens with zero attached hydrogens (tertiary/aromatic N) is 1. The Morgan fingerprint density at radius 3 is 2.60 bits per heavy atom. The first-order valence-corrected chi connectivity index (χ1v) is 7.48. The lowest BCUT2D eigenvalue weighted by molar-refractivity contribution is 0.319. The second-order valence-corrected chi connectivity index (χ2v) is 5.96. The van der Waals surface area contributed by atoms with Gasteiger partial charge in [0.15, 0.2) is 0 Å². The van der Waals surface area contributed by atoms with E-state index in [4.69, 9.17) is 11.6 Å². The summed E-state index contributed by atoms with van der Waals surface area (Å²) in [7, 11) is 0. The summed E-state index contributed by atoms with van der Waals surface area (Å²) in [5, 5.41) is 12.8. The zero-order chi connectivity index (χ0) is 14.1. The summed E-state index contributed by atoms with van der Waals surface area (Å²) in [6.45, 7) is 0. The van der Waals surface area contributed by atoms with Gasteiger partial charge < -0.3 is 5.21 Å².